The van der Waals surface area contributed by atoms with Gasteiger partial charge in [0.25, 0.3) is 0 Å². The standard InChI is InChI=1S/C10H23NO2P/c1-6-8-9-10(7-2,14(12)13)11(3,4)5/h6-9H2,1-5H3/q+1/p+1. The average Bonchev–Trinajstić information content (AvgIpc) is 2.03. The molecular weight excluding hydrogens is 197 g/mol. The molecule has 0 saturated carbocycles. The lowest BCUT2D eigenvalue weighted by Gasteiger charge is -2.36. The Morgan fingerprint density at radius 3 is 2.00 bits per heavy atom. The summed E-state index contributed by atoms with van der Waals surface area (Å²) in [5, 5.41) is -0.467. The van der Waals surface area contributed by atoms with E-state index in [1.54, 1.807) is 0 Å². The normalized spacial score (nSPS) is 17.7. The Kier molecular flexibility index (Phi) is 5.21. The van der Waals surface area contributed by atoms with Crippen LogP contribution < -0.4 is 0 Å². The highest BCUT2D eigenvalue weighted by atomic mass is 31.1. The lowest BCUT2D eigenvalue weighted by Crippen LogP contribution is -2.54. The van der Waals surface area contributed by atoms with Gasteiger partial charge in [0, 0.05) is 0 Å². The van der Waals surface area contributed by atoms with Crippen LogP contribution in [0.1, 0.15) is 39.5 Å². The minimum Gasteiger partial charge on any atom is -0.284 e. The lowest BCUT2D eigenvalue weighted by molar-refractivity contribution is -0.909. The Labute approximate surface area is 88.6 Å². The van der Waals surface area contributed by atoms with E-state index in [1.807, 2.05) is 28.1 Å². The van der Waals surface area contributed by atoms with E-state index in [1.165, 1.54) is 0 Å². The molecule has 2 atom stereocenters. The molecule has 2 unspecified atom stereocenters. The highest BCUT2D eigenvalue weighted by molar-refractivity contribution is 7.39. The van der Waals surface area contributed by atoms with Crippen molar-refractivity contribution in [2.75, 3.05) is 21.1 Å². The molecule has 0 rings (SSSR count). The predicted molar refractivity (Wildman–Crippen MR) is 60.4 cm³/mol. The van der Waals surface area contributed by atoms with Gasteiger partial charge in [0.2, 0.25) is 0 Å². The van der Waals surface area contributed by atoms with Crippen LogP contribution in [-0.4, -0.2) is 35.8 Å². The van der Waals surface area contributed by atoms with Gasteiger partial charge in [-0.05, 0) is 11.0 Å². The van der Waals surface area contributed by atoms with Crippen LogP contribution >= 0.6 is 8.03 Å². The van der Waals surface area contributed by atoms with Crippen molar-refractivity contribution in [2.24, 2.45) is 0 Å². The summed E-state index contributed by atoms with van der Waals surface area (Å²) in [6, 6.07) is 0. The number of hydrogen-bond acceptors (Lipinski definition) is 1. The molecule has 0 aromatic rings. The fourth-order valence-corrected chi connectivity index (χ4v) is 3.07. The molecule has 0 aliphatic heterocycles. The summed E-state index contributed by atoms with van der Waals surface area (Å²) in [4.78, 5) is 9.52. The Balaban J connectivity index is 4.90. The van der Waals surface area contributed by atoms with Crippen molar-refractivity contribution in [1.82, 2.24) is 0 Å². The largest absolute Gasteiger partial charge is 0.572 e. The molecule has 84 valence electrons. The van der Waals surface area contributed by atoms with Gasteiger partial charge in [-0.25, -0.2) is 0 Å². The molecule has 0 saturated heterocycles. The molecule has 0 aromatic heterocycles. The van der Waals surface area contributed by atoms with Gasteiger partial charge >= 0.3 is 13.3 Å². The molecule has 0 aliphatic carbocycles. The second-order valence-electron chi connectivity index (χ2n) is 4.72. The SMILES string of the molecule is CCCCC(CC)([P+](=O)O)[N+](C)(C)C. The molecule has 4 heteroatoms. The van der Waals surface area contributed by atoms with E-state index in [4.69, 9.17) is 0 Å². The van der Waals surface area contributed by atoms with Gasteiger partial charge in [-0.15, -0.1) is 0 Å². The van der Waals surface area contributed by atoms with Crippen molar-refractivity contribution in [3.8, 4) is 0 Å². The van der Waals surface area contributed by atoms with Crippen molar-refractivity contribution in [2.45, 2.75) is 44.8 Å². The molecule has 0 aliphatic rings. The lowest BCUT2D eigenvalue weighted by atomic mass is 10.0. The van der Waals surface area contributed by atoms with Crippen molar-refractivity contribution in [3.63, 3.8) is 0 Å². The van der Waals surface area contributed by atoms with Crippen LogP contribution in [-0.2, 0) is 4.57 Å². The molecule has 0 spiro atoms. The number of rotatable bonds is 6. The van der Waals surface area contributed by atoms with E-state index < -0.39 is 13.3 Å². The van der Waals surface area contributed by atoms with Crippen LogP contribution in [0.4, 0.5) is 0 Å². The maximum Gasteiger partial charge on any atom is 0.572 e. The Hall–Kier alpha value is 0.0200. The fourth-order valence-electron chi connectivity index (χ4n) is 1.93. The summed E-state index contributed by atoms with van der Waals surface area (Å²) in [7, 11) is 3.88. The first-order chi connectivity index (χ1) is 6.31. The summed E-state index contributed by atoms with van der Waals surface area (Å²) >= 11 is 0. The maximum atomic E-state index is 11.5. The molecule has 3 nitrogen and oxygen atoms in total. The van der Waals surface area contributed by atoms with Gasteiger partial charge in [-0.1, -0.05) is 20.3 Å². The summed E-state index contributed by atoms with van der Waals surface area (Å²) < 4.78 is 12.1. The Morgan fingerprint density at radius 2 is 1.79 bits per heavy atom. The molecule has 0 heterocycles. The van der Waals surface area contributed by atoms with Gasteiger partial charge in [0.15, 0.2) is 0 Å². The summed E-state index contributed by atoms with van der Waals surface area (Å²) in [6.45, 7) is 4.11. The average molecular weight is 221 g/mol. The molecule has 0 radical (unpaired) electrons. The zero-order valence-electron chi connectivity index (χ0n) is 10.1. The summed E-state index contributed by atoms with van der Waals surface area (Å²) in [5.41, 5.74) is 0. The first-order valence-corrected chi connectivity index (χ1v) is 6.51. The second-order valence-corrected chi connectivity index (χ2v) is 6.10. The van der Waals surface area contributed by atoms with E-state index in [-0.39, 0.29) is 0 Å². The predicted octanol–water partition coefficient (Wildman–Crippen LogP) is 2.72. The fraction of sp³-hybridized carbons (Fsp3) is 1.00. The number of quaternary nitrogens is 1. The number of hydrogen-bond donors (Lipinski definition) is 1. The molecular formula is C10H24NO2P+2. The Morgan fingerprint density at radius 1 is 1.29 bits per heavy atom. The van der Waals surface area contributed by atoms with Gasteiger partial charge in [-0.2, -0.15) is 4.89 Å². The van der Waals surface area contributed by atoms with Crippen LogP contribution in [0.5, 0.6) is 0 Å². The van der Waals surface area contributed by atoms with Crippen LogP contribution in [0.3, 0.4) is 0 Å². The van der Waals surface area contributed by atoms with E-state index >= 15 is 0 Å². The van der Waals surface area contributed by atoms with Crippen molar-refractivity contribution in [3.05, 3.63) is 0 Å². The number of nitrogens with zero attached hydrogens (tertiary/aromatic N) is 1. The van der Waals surface area contributed by atoms with Crippen LogP contribution in [0.25, 0.3) is 0 Å². The van der Waals surface area contributed by atoms with Gasteiger partial charge in [0.05, 0.1) is 34.0 Å². The molecule has 0 aromatic carbocycles. The topological polar surface area (TPSA) is 37.3 Å². The third kappa shape index (κ3) is 2.75. The van der Waals surface area contributed by atoms with Gasteiger partial charge < -0.3 is 0 Å². The van der Waals surface area contributed by atoms with Gasteiger partial charge in [-0.3, -0.25) is 4.48 Å². The van der Waals surface area contributed by atoms with Crippen molar-refractivity contribution in [1.29, 1.82) is 0 Å². The van der Waals surface area contributed by atoms with Gasteiger partial charge in [0.1, 0.15) is 0 Å². The smallest absolute Gasteiger partial charge is 0.284 e. The first-order valence-electron chi connectivity index (χ1n) is 5.29. The Bertz CT molecular complexity index is 201. The zero-order chi connectivity index (χ0) is 11.4. The maximum absolute atomic E-state index is 11.5. The van der Waals surface area contributed by atoms with E-state index in [0.717, 1.165) is 25.7 Å². The molecule has 0 amide bonds. The monoisotopic (exact) mass is 221 g/mol. The highest BCUT2D eigenvalue weighted by Gasteiger charge is 2.58. The van der Waals surface area contributed by atoms with Crippen LogP contribution in [0, 0.1) is 0 Å². The van der Waals surface area contributed by atoms with E-state index in [9.17, 15) is 9.46 Å². The van der Waals surface area contributed by atoms with Crippen molar-refractivity contribution < 1.29 is 13.9 Å². The minimum absolute atomic E-state index is 0.467. The minimum atomic E-state index is -2.13. The zero-order valence-corrected chi connectivity index (χ0v) is 11.0. The molecule has 1 N–H and O–H groups in total. The molecule has 0 bridgehead atoms. The molecule has 0 fully saturated rings. The quantitative estimate of drug-likeness (QED) is 0.553. The molecule has 14 heavy (non-hydrogen) atoms. The first kappa shape index (κ1) is 14.0. The number of unbranched alkanes of at least 4 members (excludes halogenated alkanes) is 1. The second kappa shape index (κ2) is 5.20. The highest BCUT2D eigenvalue weighted by Crippen LogP contribution is 2.46. The van der Waals surface area contributed by atoms with Crippen LogP contribution in [0.15, 0.2) is 0 Å². The van der Waals surface area contributed by atoms with E-state index in [0.29, 0.717) is 4.48 Å². The third-order valence-electron chi connectivity index (χ3n) is 3.10. The van der Waals surface area contributed by atoms with E-state index in [2.05, 4.69) is 6.92 Å². The summed E-state index contributed by atoms with van der Waals surface area (Å²) in [5.74, 6) is 0. The summed E-state index contributed by atoms with van der Waals surface area (Å²) in [6.07, 6.45) is 3.67. The van der Waals surface area contributed by atoms with Crippen molar-refractivity contribution >= 4 is 8.03 Å². The van der Waals surface area contributed by atoms with Crippen LogP contribution in [0.2, 0.25) is 0 Å². The third-order valence-corrected chi connectivity index (χ3v) is 4.95.